The molecule has 0 bridgehead atoms. The number of hydrogen-bond donors (Lipinski definition) is 1. The molecule has 0 unspecified atom stereocenters. The molecule has 0 radical (unpaired) electrons. The van der Waals surface area contributed by atoms with Crippen LogP contribution in [0, 0.1) is 6.92 Å². The van der Waals surface area contributed by atoms with Crippen LogP contribution < -0.4 is 0 Å². The molecule has 4 nitrogen and oxygen atoms in total. The molecular formula is C12H12N2O2S. The van der Waals surface area contributed by atoms with Gasteiger partial charge in [0.05, 0.1) is 6.54 Å². The lowest BCUT2D eigenvalue weighted by molar-refractivity contribution is -0.131. The van der Waals surface area contributed by atoms with Gasteiger partial charge >= 0.3 is 5.97 Å². The largest absolute Gasteiger partial charge is 0.478 e. The maximum absolute atomic E-state index is 10.4. The summed E-state index contributed by atoms with van der Waals surface area (Å²) in [4.78, 5) is 16.7. The van der Waals surface area contributed by atoms with Gasteiger partial charge < -0.3 is 9.67 Å². The maximum Gasteiger partial charge on any atom is 0.328 e. The van der Waals surface area contributed by atoms with Crippen LogP contribution in [0.5, 0.6) is 0 Å². The van der Waals surface area contributed by atoms with Crippen LogP contribution in [-0.2, 0) is 11.3 Å². The number of rotatable bonds is 4. The van der Waals surface area contributed by atoms with E-state index in [0.29, 0.717) is 0 Å². The molecule has 0 saturated carbocycles. The number of carboxylic acid groups (broad SMARTS) is 1. The van der Waals surface area contributed by atoms with Crippen molar-refractivity contribution in [1.29, 1.82) is 0 Å². The van der Waals surface area contributed by atoms with Gasteiger partial charge in [-0.15, -0.1) is 11.3 Å². The van der Waals surface area contributed by atoms with E-state index in [1.807, 2.05) is 25.3 Å². The fourth-order valence-corrected chi connectivity index (χ4v) is 2.38. The summed E-state index contributed by atoms with van der Waals surface area (Å²) in [5.74, 6) is 0.0476. The summed E-state index contributed by atoms with van der Waals surface area (Å²) in [6.07, 6.45) is 6.46. The summed E-state index contributed by atoms with van der Waals surface area (Å²) >= 11 is 1.58. The summed E-state index contributed by atoms with van der Waals surface area (Å²) in [5, 5.41) is 8.53. The summed E-state index contributed by atoms with van der Waals surface area (Å²) in [6.45, 7) is 2.73. The minimum Gasteiger partial charge on any atom is -0.478 e. The molecule has 0 amide bonds. The third-order valence-electron chi connectivity index (χ3n) is 2.32. The van der Waals surface area contributed by atoms with Crippen LogP contribution in [0.25, 0.3) is 6.08 Å². The van der Waals surface area contributed by atoms with Gasteiger partial charge in [0, 0.05) is 28.2 Å². The Morgan fingerprint density at radius 2 is 2.41 bits per heavy atom. The van der Waals surface area contributed by atoms with E-state index < -0.39 is 5.97 Å². The predicted molar refractivity (Wildman–Crippen MR) is 67.1 cm³/mol. The zero-order chi connectivity index (χ0) is 12.3. The first-order valence-electron chi connectivity index (χ1n) is 5.12. The fourth-order valence-electron chi connectivity index (χ4n) is 1.46. The Labute approximate surface area is 103 Å². The van der Waals surface area contributed by atoms with Crippen LogP contribution in [0.4, 0.5) is 0 Å². The Bertz CT molecular complexity index is 554. The zero-order valence-corrected chi connectivity index (χ0v) is 10.1. The zero-order valence-electron chi connectivity index (χ0n) is 9.33. The summed E-state index contributed by atoms with van der Waals surface area (Å²) in [7, 11) is 0. The molecule has 2 aromatic heterocycles. The Hall–Kier alpha value is -1.88. The Balaban J connectivity index is 2.09. The molecule has 0 aliphatic carbocycles. The molecule has 0 fully saturated rings. The van der Waals surface area contributed by atoms with E-state index in [-0.39, 0.29) is 0 Å². The van der Waals surface area contributed by atoms with Gasteiger partial charge in [-0.25, -0.2) is 9.78 Å². The topological polar surface area (TPSA) is 55.1 Å². The minimum atomic E-state index is -0.926. The molecule has 1 N–H and O–H groups in total. The van der Waals surface area contributed by atoms with Crippen molar-refractivity contribution in [2.24, 2.45) is 0 Å². The third kappa shape index (κ3) is 3.04. The number of carbonyl (C=O) groups is 1. The van der Waals surface area contributed by atoms with Gasteiger partial charge in [-0.2, -0.15) is 0 Å². The van der Waals surface area contributed by atoms with Crippen molar-refractivity contribution in [3.8, 4) is 0 Å². The van der Waals surface area contributed by atoms with Crippen molar-refractivity contribution in [2.45, 2.75) is 13.5 Å². The second kappa shape index (κ2) is 4.97. The molecule has 0 aromatic carbocycles. The average Bonchev–Trinajstić information content (AvgIpc) is 2.87. The molecule has 2 rings (SSSR count). The first-order valence-corrected chi connectivity index (χ1v) is 5.94. The van der Waals surface area contributed by atoms with Crippen molar-refractivity contribution in [3.05, 3.63) is 46.2 Å². The second-order valence-electron chi connectivity index (χ2n) is 3.58. The van der Waals surface area contributed by atoms with E-state index in [1.54, 1.807) is 23.6 Å². The van der Waals surface area contributed by atoms with Gasteiger partial charge in [0.2, 0.25) is 0 Å². The summed E-state index contributed by atoms with van der Waals surface area (Å²) in [6, 6.07) is 3.93. The monoisotopic (exact) mass is 248 g/mol. The molecule has 5 heteroatoms. The number of imidazole rings is 1. The predicted octanol–water partition coefficient (Wildman–Crippen LogP) is 2.40. The molecule has 0 aliphatic heterocycles. The van der Waals surface area contributed by atoms with Gasteiger partial charge in [0.25, 0.3) is 0 Å². The summed E-state index contributed by atoms with van der Waals surface area (Å²) < 4.78 is 2.05. The van der Waals surface area contributed by atoms with Crippen molar-refractivity contribution in [1.82, 2.24) is 9.55 Å². The van der Waals surface area contributed by atoms with Gasteiger partial charge in [0.1, 0.15) is 5.82 Å². The molecule has 0 spiro atoms. The third-order valence-corrected chi connectivity index (χ3v) is 3.36. The normalized spacial score (nSPS) is 11.1. The van der Waals surface area contributed by atoms with E-state index >= 15 is 0 Å². The summed E-state index contributed by atoms with van der Waals surface area (Å²) in [5.41, 5.74) is 0. The highest BCUT2D eigenvalue weighted by atomic mass is 32.1. The lowest BCUT2D eigenvalue weighted by Crippen LogP contribution is -1.98. The first kappa shape index (κ1) is 11.6. The van der Waals surface area contributed by atoms with Gasteiger partial charge in [0.15, 0.2) is 0 Å². The van der Waals surface area contributed by atoms with Crippen molar-refractivity contribution in [2.75, 3.05) is 0 Å². The smallest absolute Gasteiger partial charge is 0.328 e. The van der Waals surface area contributed by atoms with Crippen molar-refractivity contribution >= 4 is 23.4 Å². The molecule has 0 atom stereocenters. The van der Waals surface area contributed by atoms with Crippen LogP contribution in [0.15, 0.2) is 30.6 Å². The first-order chi connectivity index (χ1) is 8.15. The SMILES string of the molecule is Cc1nccn1Cc1ccc(C=CC(=O)O)s1. The number of aryl methyl sites for hydroxylation is 1. The number of thiophene rings is 1. The molecule has 17 heavy (non-hydrogen) atoms. The molecule has 2 aromatic rings. The van der Waals surface area contributed by atoms with E-state index in [9.17, 15) is 4.79 Å². The second-order valence-corrected chi connectivity index (χ2v) is 4.78. The molecule has 0 aliphatic rings. The quantitative estimate of drug-likeness (QED) is 0.845. The van der Waals surface area contributed by atoms with Crippen LogP contribution >= 0.6 is 11.3 Å². The van der Waals surface area contributed by atoms with Crippen molar-refractivity contribution < 1.29 is 9.90 Å². The van der Waals surface area contributed by atoms with Crippen LogP contribution in [0.3, 0.4) is 0 Å². The van der Waals surface area contributed by atoms with E-state index in [4.69, 9.17) is 5.11 Å². The Kier molecular flexibility index (Phi) is 3.39. The Morgan fingerprint density at radius 1 is 1.59 bits per heavy atom. The lowest BCUT2D eigenvalue weighted by Gasteiger charge is -2.01. The Morgan fingerprint density at radius 3 is 3.06 bits per heavy atom. The van der Waals surface area contributed by atoms with Crippen LogP contribution in [-0.4, -0.2) is 20.6 Å². The molecular weight excluding hydrogens is 236 g/mol. The number of aliphatic carboxylic acids is 1. The minimum absolute atomic E-state index is 0.775. The van der Waals surface area contributed by atoms with Crippen molar-refractivity contribution in [3.63, 3.8) is 0 Å². The van der Waals surface area contributed by atoms with Crippen LogP contribution in [0.2, 0.25) is 0 Å². The lowest BCUT2D eigenvalue weighted by atomic mass is 10.4. The molecule has 0 saturated heterocycles. The molecule has 88 valence electrons. The number of hydrogen-bond acceptors (Lipinski definition) is 3. The van der Waals surface area contributed by atoms with E-state index in [1.165, 1.54) is 4.88 Å². The van der Waals surface area contributed by atoms with E-state index in [2.05, 4.69) is 9.55 Å². The molecule has 2 heterocycles. The highest BCUT2D eigenvalue weighted by Crippen LogP contribution is 2.19. The van der Waals surface area contributed by atoms with Gasteiger partial charge in [-0.1, -0.05) is 0 Å². The number of aromatic nitrogens is 2. The number of carboxylic acids is 1. The average molecular weight is 248 g/mol. The highest BCUT2D eigenvalue weighted by Gasteiger charge is 2.01. The highest BCUT2D eigenvalue weighted by molar-refractivity contribution is 7.12. The van der Waals surface area contributed by atoms with Gasteiger partial charge in [-0.3, -0.25) is 0 Å². The number of nitrogens with zero attached hydrogens (tertiary/aromatic N) is 2. The van der Waals surface area contributed by atoms with Gasteiger partial charge in [-0.05, 0) is 25.1 Å². The van der Waals surface area contributed by atoms with E-state index in [0.717, 1.165) is 23.3 Å². The van der Waals surface area contributed by atoms with Crippen LogP contribution in [0.1, 0.15) is 15.6 Å². The maximum atomic E-state index is 10.4. The standard InChI is InChI=1S/C12H12N2O2S/c1-9-13-6-7-14(9)8-11-3-2-10(17-11)4-5-12(15)16/h2-7H,8H2,1H3,(H,15,16). The fraction of sp³-hybridized carbons (Fsp3) is 0.167.